The molecular weight excluding hydrogens is 238 g/mol. The molecule has 3 rings (SSSR count). The first kappa shape index (κ1) is 12.6. The van der Waals surface area contributed by atoms with Gasteiger partial charge in [-0.25, -0.2) is 0 Å². The quantitative estimate of drug-likeness (QED) is 0.899. The number of methoxy groups -OCH3 is 1. The minimum absolute atomic E-state index is 0.149. The van der Waals surface area contributed by atoms with Crippen LogP contribution in [0.2, 0.25) is 0 Å². The fourth-order valence-electron chi connectivity index (χ4n) is 3.18. The first-order valence-corrected chi connectivity index (χ1v) is 6.81. The third-order valence-electron chi connectivity index (χ3n) is 4.20. The van der Waals surface area contributed by atoms with Crippen molar-refractivity contribution < 1.29 is 9.84 Å². The molecule has 1 aliphatic carbocycles. The average Bonchev–Trinajstić information content (AvgIpc) is 2.46. The van der Waals surface area contributed by atoms with E-state index < -0.39 is 5.60 Å². The standard InChI is InChI=1S/C16H19NO2/c1-19-13-5-3-8-16(18,10-13)15-6-2-4-12-11-17-9-7-14(12)15/h2,4,6-7,9,11,13,18H,3,5,8,10H2,1H3. The molecule has 0 bridgehead atoms. The molecule has 3 nitrogen and oxygen atoms in total. The lowest BCUT2D eigenvalue weighted by molar-refractivity contribution is -0.0622. The normalized spacial score (nSPS) is 27.6. The van der Waals surface area contributed by atoms with Crippen molar-refractivity contribution in [3.63, 3.8) is 0 Å². The molecule has 2 aromatic rings. The average molecular weight is 257 g/mol. The largest absolute Gasteiger partial charge is 0.385 e. The van der Waals surface area contributed by atoms with Gasteiger partial charge in [-0.2, -0.15) is 0 Å². The van der Waals surface area contributed by atoms with Crippen molar-refractivity contribution in [2.45, 2.75) is 37.4 Å². The van der Waals surface area contributed by atoms with Crippen LogP contribution in [-0.2, 0) is 10.3 Å². The van der Waals surface area contributed by atoms with Crippen LogP contribution in [0.3, 0.4) is 0 Å². The minimum Gasteiger partial charge on any atom is -0.385 e. The van der Waals surface area contributed by atoms with Crippen LogP contribution >= 0.6 is 0 Å². The third-order valence-corrected chi connectivity index (χ3v) is 4.20. The first-order valence-electron chi connectivity index (χ1n) is 6.81. The molecule has 1 saturated carbocycles. The summed E-state index contributed by atoms with van der Waals surface area (Å²) in [6.45, 7) is 0. The molecule has 1 aromatic heterocycles. The molecule has 0 radical (unpaired) electrons. The number of hydrogen-bond acceptors (Lipinski definition) is 3. The summed E-state index contributed by atoms with van der Waals surface area (Å²) in [6.07, 6.45) is 7.28. The smallest absolute Gasteiger partial charge is 0.0927 e. The van der Waals surface area contributed by atoms with Gasteiger partial charge in [-0.3, -0.25) is 4.98 Å². The Hall–Kier alpha value is -1.45. The number of fused-ring (bicyclic) bond motifs is 1. The lowest BCUT2D eigenvalue weighted by Gasteiger charge is -2.37. The monoisotopic (exact) mass is 257 g/mol. The second-order valence-corrected chi connectivity index (χ2v) is 5.39. The van der Waals surface area contributed by atoms with Gasteiger partial charge in [-0.15, -0.1) is 0 Å². The molecule has 1 aliphatic rings. The lowest BCUT2D eigenvalue weighted by Crippen LogP contribution is -2.36. The molecule has 3 heteroatoms. The van der Waals surface area contributed by atoms with E-state index in [9.17, 15) is 5.11 Å². The molecule has 19 heavy (non-hydrogen) atoms. The summed E-state index contributed by atoms with van der Waals surface area (Å²) in [7, 11) is 1.73. The Morgan fingerprint density at radius 1 is 1.37 bits per heavy atom. The number of nitrogens with zero attached hydrogens (tertiary/aromatic N) is 1. The minimum atomic E-state index is -0.778. The predicted octanol–water partition coefficient (Wildman–Crippen LogP) is 3.01. The highest BCUT2D eigenvalue weighted by atomic mass is 16.5. The summed E-state index contributed by atoms with van der Waals surface area (Å²) in [6, 6.07) is 8.04. The van der Waals surface area contributed by atoms with Crippen molar-refractivity contribution in [3.8, 4) is 0 Å². The molecule has 0 amide bonds. The van der Waals surface area contributed by atoms with Crippen molar-refractivity contribution in [3.05, 3.63) is 42.2 Å². The summed E-state index contributed by atoms with van der Waals surface area (Å²) in [5.74, 6) is 0. The number of ether oxygens (including phenoxy) is 1. The maximum absolute atomic E-state index is 11.0. The Morgan fingerprint density at radius 2 is 2.26 bits per heavy atom. The Labute approximate surface area is 113 Å². The van der Waals surface area contributed by atoms with E-state index in [-0.39, 0.29) is 6.10 Å². The second kappa shape index (κ2) is 4.91. The summed E-state index contributed by atoms with van der Waals surface area (Å²) >= 11 is 0. The number of pyridine rings is 1. The van der Waals surface area contributed by atoms with Crippen LogP contribution in [0.25, 0.3) is 10.8 Å². The molecule has 1 fully saturated rings. The van der Waals surface area contributed by atoms with Crippen LogP contribution in [0.15, 0.2) is 36.7 Å². The van der Waals surface area contributed by atoms with Crippen LogP contribution < -0.4 is 0 Å². The molecule has 0 spiro atoms. The Bertz CT molecular complexity index is 578. The fourth-order valence-corrected chi connectivity index (χ4v) is 3.18. The van der Waals surface area contributed by atoms with Crippen molar-refractivity contribution in [1.82, 2.24) is 4.98 Å². The second-order valence-electron chi connectivity index (χ2n) is 5.39. The topological polar surface area (TPSA) is 42.4 Å². The number of aromatic nitrogens is 1. The zero-order chi connectivity index (χ0) is 13.3. The van der Waals surface area contributed by atoms with Crippen LogP contribution in [0.5, 0.6) is 0 Å². The summed E-state index contributed by atoms with van der Waals surface area (Å²) in [5.41, 5.74) is 0.230. The molecule has 100 valence electrons. The summed E-state index contributed by atoms with van der Waals surface area (Å²) in [4.78, 5) is 4.15. The van der Waals surface area contributed by atoms with Gasteiger partial charge in [0.15, 0.2) is 0 Å². The maximum Gasteiger partial charge on any atom is 0.0927 e. The molecule has 0 aliphatic heterocycles. The zero-order valence-electron chi connectivity index (χ0n) is 11.2. The van der Waals surface area contributed by atoms with Gasteiger partial charge in [0.2, 0.25) is 0 Å². The Kier molecular flexibility index (Phi) is 3.25. The van der Waals surface area contributed by atoms with Gasteiger partial charge in [0.25, 0.3) is 0 Å². The lowest BCUT2D eigenvalue weighted by atomic mass is 9.77. The van der Waals surface area contributed by atoms with E-state index in [2.05, 4.69) is 4.98 Å². The van der Waals surface area contributed by atoms with Crippen LogP contribution in [0.4, 0.5) is 0 Å². The van der Waals surface area contributed by atoms with Gasteiger partial charge in [-0.1, -0.05) is 18.2 Å². The van der Waals surface area contributed by atoms with Crippen LogP contribution in [0, 0.1) is 0 Å². The molecule has 1 N–H and O–H groups in total. The van der Waals surface area contributed by atoms with Crippen molar-refractivity contribution in [2.24, 2.45) is 0 Å². The molecule has 0 saturated heterocycles. The van der Waals surface area contributed by atoms with Crippen LogP contribution in [-0.4, -0.2) is 23.3 Å². The van der Waals surface area contributed by atoms with Gasteiger partial charge in [-0.05, 0) is 36.3 Å². The number of hydrogen-bond donors (Lipinski definition) is 1. The number of aliphatic hydroxyl groups is 1. The summed E-state index contributed by atoms with van der Waals surface area (Å²) < 4.78 is 5.45. The molecule has 2 unspecified atom stereocenters. The van der Waals surface area contributed by atoms with E-state index in [4.69, 9.17) is 4.74 Å². The van der Waals surface area contributed by atoms with Gasteiger partial charge >= 0.3 is 0 Å². The summed E-state index contributed by atoms with van der Waals surface area (Å²) in [5, 5.41) is 13.2. The van der Waals surface area contributed by atoms with E-state index in [1.807, 2.05) is 30.5 Å². The number of benzene rings is 1. The molecular formula is C16H19NO2. The van der Waals surface area contributed by atoms with Crippen molar-refractivity contribution in [1.29, 1.82) is 0 Å². The maximum atomic E-state index is 11.0. The van der Waals surface area contributed by atoms with Crippen molar-refractivity contribution in [2.75, 3.05) is 7.11 Å². The fraction of sp³-hybridized carbons (Fsp3) is 0.438. The van der Waals surface area contributed by atoms with E-state index in [0.717, 1.165) is 35.6 Å². The van der Waals surface area contributed by atoms with Crippen molar-refractivity contribution >= 4 is 10.8 Å². The number of rotatable bonds is 2. The van der Waals surface area contributed by atoms with E-state index in [1.54, 1.807) is 13.3 Å². The zero-order valence-corrected chi connectivity index (χ0v) is 11.2. The molecule has 1 heterocycles. The molecule has 1 aromatic carbocycles. The SMILES string of the molecule is COC1CCCC(O)(c2cccc3cnccc23)C1. The van der Waals surface area contributed by atoms with Gasteiger partial charge in [0, 0.05) is 31.3 Å². The Balaban J connectivity index is 2.07. The van der Waals surface area contributed by atoms with Gasteiger partial charge in [0.1, 0.15) is 0 Å². The molecule has 2 atom stereocenters. The van der Waals surface area contributed by atoms with Gasteiger partial charge in [0.05, 0.1) is 11.7 Å². The predicted molar refractivity (Wildman–Crippen MR) is 74.9 cm³/mol. The Morgan fingerprint density at radius 3 is 3.11 bits per heavy atom. The first-order chi connectivity index (χ1) is 9.23. The highest BCUT2D eigenvalue weighted by molar-refractivity contribution is 5.85. The van der Waals surface area contributed by atoms with E-state index in [1.165, 1.54) is 0 Å². The highest BCUT2D eigenvalue weighted by Gasteiger charge is 2.36. The highest BCUT2D eigenvalue weighted by Crippen LogP contribution is 2.40. The van der Waals surface area contributed by atoms with E-state index >= 15 is 0 Å². The van der Waals surface area contributed by atoms with Gasteiger partial charge < -0.3 is 9.84 Å². The third kappa shape index (κ3) is 2.24. The van der Waals surface area contributed by atoms with Crippen LogP contribution in [0.1, 0.15) is 31.2 Å². The van der Waals surface area contributed by atoms with E-state index in [0.29, 0.717) is 6.42 Å².